The molecule has 1 fully saturated rings. The monoisotopic (exact) mass is 463 g/mol. The number of nitrogens with one attached hydrogen (secondary N) is 1. The van der Waals surface area contributed by atoms with Crippen LogP contribution in [-0.2, 0) is 16.4 Å². The van der Waals surface area contributed by atoms with Gasteiger partial charge in [0.2, 0.25) is 5.28 Å². The molecule has 0 saturated heterocycles. The van der Waals surface area contributed by atoms with Crippen LogP contribution in [0, 0.1) is 5.92 Å². The highest BCUT2D eigenvalue weighted by atomic mass is 35.5. The van der Waals surface area contributed by atoms with Gasteiger partial charge in [0.15, 0.2) is 21.3 Å². The van der Waals surface area contributed by atoms with Crippen molar-refractivity contribution in [2.45, 2.75) is 37.2 Å². The van der Waals surface area contributed by atoms with Crippen molar-refractivity contribution in [1.29, 1.82) is 0 Å². The van der Waals surface area contributed by atoms with Crippen molar-refractivity contribution < 1.29 is 13.5 Å². The summed E-state index contributed by atoms with van der Waals surface area (Å²) in [5.74, 6) is 0.261. The van der Waals surface area contributed by atoms with Gasteiger partial charge in [0.1, 0.15) is 5.52 Å². The average Bonchev–Trinajstić information content (AvgIpc) is 3.58. The van der Waals surface area contributed by atoms with Crippen LogP contribution < -0.4 is 10.9 Å². The first-order valence-corrected chi connectivity index (χ1v) is 11.9. The van der Waals surface area contributed by atoms with Crippen LogP contribution in [-0.4, -0.2) is 45.4 Å². The molecule has 31 heavy (non-hydrogen) atoms. The van der Waals surface area contributed by atoms with Crippen molar-refractivity contribution in [2.24, 2.45) is 5.92 Å². The lowest BCUT2D eigenvalue weighted by molar-refractivity contribution is 0.319. The summed E-state index contributed by atoms with van der Waals surface area (Å²) in [7, 11) is -3.51. The van der Waals surface area contributed by atoms with Crippen LogP contribution in [0.5, 0.6) is 0 Å². The number of hydrogen-bond acceptors (Lipinski definition) is 8. The summed E-state index contributed by atoms with van der Waals surface area (Å²) in [4.78, 5) is 25.9. The van der Waals surface area contributed by atoms with Gasteiger partial charge in [-0.3, -0.25) is 9.36 Å². The molecule has 0 unspecified atom stereocenters. The quantitative estimate of drug-likeness (QED) is 0.486. The standard InChI is InChI=1S/C20H22ClN5O4S/c1-12(14-4-5-14)26-18-16(11-23-20(21)25-18)24-17(19(26)28)22-10-13-2-6-15(7-3-13)31(29,30)9-8-27/h2-3,6-7,11-12,14,27H,4-5,8-10H2,1H3,(H,22,24)/t12-/m0/s1. The number of benzene rings is 1. The molecule has 2 heterocycles. The van der Waals surface area contributed by atoms with Crippen molar-refractivity contribution in [1.82, 2.24) is 19.5 Å². The highest BCUT2D eigenvalue weighted by Gasteiger charge is 2.31. The van der Waals surface area contributed by atoms with E-state index in [-0.39, 0.29) is 39.9 Å². The Balaban J connectivity index is 1.62. The summed E-state index contributed by atoms with van der Waals surface area (Å²) < 4.78 is 25.7. The Kier molecular flexibility index (Phi) is 5.96. The summed E-state index contributed by atoms with van der Waals surface area (Å²) in [6.07, 6.45) is 3.61. The minimum absolute atomic E-state index is 0.0412. The molecule has 0 aliphatic heterocycles. The maximum Gasteiger partial charge on any atom is 0.295 e. The second-order valence-electron chi connectivity index (χ2n) is 7.60. The first kappa shape index (κ1) is 21.7. The Bertz CT molecular complexity index is 1270. The van der Waals surface area contributed by atoms with Gasteiger partial charge in [-0.05, 0) is 55.0 Å². The predicted molar refractivity (Wildman–Crippen MR) is 117 cm³/mol. The van der Waals surface area contributed by atoms with E-state index in [0.717, 1.165) is 18.4 Å². The van der Waals surface area contributed by atoms with E-state index < -0.39 is 16.4 Å². The molecular formula is C20H22ClN5O4S. The van der Waals surface area contributed by atoms with Crippen molar-refractivity contribution in [3.63, 3.8) is 0 Å². The molecule has 11 heteroatoms. The van der Waals surface area contributed by atoms with E-state index in [0.29, 0.717) is 17.1 Å². The van der Waals surface area contributed by atoms with E-state index in [1.807, 2.05) is 6.92 Å². The van der Waals surface area contributed by atoms with Crippen LogP contribution in [0.3, 0.4) is 0 Å². The number of nitrogens with zero attached hydrogens (tertiary/aromatic N) is 4. The number of halogens is 1. The Labute approximate surface area is 184 Å². The van der Waals surface area contributed by atoms with E-state index in [2.05, 4.69) is 20.3 Å². The largest absolute Gasteiger partial charge is 0.395 e. The number of aliphatic hydroxyl groups excluding tert-OH is 1. The minimum Gasteiger partial charge on any atom is -0.395 e. The molecule has 0 amide bonds. The van der Waals surface area contributed by atoms with E-state index in [1.165, 1.54) is 18.3 Å². The molecule has 3 aromatic rings. The van der Waals surface area contributed by atoms with E-state index in [9.17, 15) is 13.2 Å². The van der Waals surface area contributed by atoms with Gasteiger partial charge in [-0.15, -0.1) is 0 Å². The number of sulfone groups is 1. The number of hydrogen-bond donors (Lipinski definition) is 2. The average molecular weight is 464 g/mol. The number of anilines is 1. The summed E-state index contributed by atoms with van der Waals surface area (Å²) in [6, 6.07) is 6.25. The Morgan fingerprint density at radius 1 is 1.26 bits per heavy atom. The zero-order valence-corrected chi connectivity index (χ0v) is 18.4. The molecule has 9 nitrogen and oxygen atoms in total. The third-order valence-electron chi connectivity index (χ3n) is 5.42. The first-order valence-electron chi connectivity index (χ1n) is 9.91. The van der Waals surface area contributed by atoms with E-state index in [1.54, 1.807) is 16.7 Å². The number of fused-ring (bicyclic) bond motifs is 1. The van der Waals surface area contributed by atoms with Gasteiger partial charge >= 0.3 is 0 Å². The maximum absolute atomic E-state index is 13.2. The lowest BCUT2D eigenvalue weighted by atomic mass is 10.2. The maximum atomic E-state index is 13.2. The van der Waals surface area contributed by atoms with Gasteiger partial charge in [-0.25, -0.2) is 18.4 Å². The minimum atomic E-state index is -3.51. The smallest absolute Gasteiger partial charge is 0.295 e. The number of aromatic nitrogens is 4. The van der Waals surface area contributed by atoms with Crippen LogP contribution >= 0.6 is 11.6 Å². The highest BCUT2D eigenvalue weighted by molar-refractivity contribution is 7.91. The molecular weight excluding hydrogens is 442 g/mol. The molecule has 0 spiro atoms. The molecule has 2 N–H and O–H groups in total. The van der Waals surface area contributed by atoms with E-state index >= 15 is 0 Å². The van der Waals surface area contributed by atoms with Crippen LogP contribution in [0.2, 0.25) is 5.28 Å². The van der Waals surface area contributed by atoms with Gasteiger partial charge in [0.05, 0.1) is 23.5 Å². The van der Waals surface area contributed by atoms with Gasteiger partial charge in [-0.2, -0.15) is 4.98 Å². The molecule has 1 aliphatic carbocycles. The predicted octanol–water partition coefficient (Wildman–Crippen LogP) is 2.19. The fraction of sp³-hybridized carbons (Fsp3) is 0.400. The Hall–Kier alpha value is -2.56. The second-order valence-corrected chi connectivity index (χ2v) is 10.0. The molecule has 1 saturated carbocycles. The Morgan fingerprint density at radius 2 is 1.97 bits per heavy atom. The summed E-state index contributed by atoms with van der Waals surface area (Å²) >= 11 is 5.95. The first-order chi connectivity index (χ1) is 14.8. The summed E-state index contributed by atoms with van der Waals surface area (Å²) in [5.41, 5.74) is 1.36. The number of aliphatic hydroxyl groups is 1. The van der Waals surface area contributed by atoms with Gasteiger partial charge in [-0.1, -0.05) is 12.1 Å². The van der Waals surface area contributed by atoms with Crippen molar-refractivity contribution in [3.05, 3.63) is 51.7 Å². The third-order valence-corrected chi connectivity index (χ3v) is 7.31. The lowest BCUT2D eigenvalue weighted by Crippen LogP contribution is -2.29. The van der Waals surface area contributed by atoms with Crippen LogP contribution in [0.1, 0.15) is 31.4 Å². The number of rotatable bonds is 8. The zero-order chi connectivity index (χ0) is 22.2. The normalized spacial score (nSPS) is 15.2. The highest BCUT2D eigenvalue weighted by Crippen LogP contribution is 2.39. The van der Waals surface area contributed by atoms with Crippen molar-refractivity contribution in [3.8, 4) is 0 Å². The Morgan fingerprint density at radius 3 is 2.61 bits per heavy atom. The molecule has 0 bridgehead atoms. The summed E-state index contributed by atoms with van der Waals surface area (Å²) in [5, 5.41) is 12.0. The molecule has 1 aromatic carbocycles. The van der Waals surface area contributed by atoms with Gasteiger partial charge in [0, 0.05) is 12.6 Å². The van der Waals surface area contributed by atoms with E-state index in [4.69, 9.17) is 16.7 Å². The molecule has 1 atom stereocenters. The SMILES string of the molecule is C[C@@H](C1CC1)n1c(=O)c(NCc2ccc(S(=O)(=O)CCO)cc2)nc2cnc(Cl)nc21. The molecule has 2 aromatic heterocycles. The second kappa shape index (κ2) is 8.52. The van der Waals surface area contributed by atoms with Gasteiger partial charge in [0.25, 0.3) is 5.56 Å². The summed E-state index contributed by atoms with van der Waals surface area (Å²) in [6.45, 7) is 1.84. The fourth-order valence-electron chi connectivity index (χ4n) is 3.50. The van der Waals surface area contributed by atoms with Crippen LogP contribution in [0.25, 0.3) is 11.2 Å². The zero-order valence-electron chi connectivity index (χ0n) is 16.8. The van der Waals surface area contributed by atoms with Crippen molar-refractivity contribution in [2.75, 3.05) is 17.7 Å². The topological polar surface area (TPSA) is 127 Å². The third kappa shape index (κ3) is 4.56. The fourth-order valence-corrected chi connectivity index (χ4v) is 4.66. The van der Waals surface area contributed by atoms with Crippen LogP contribution in [0.15, 0.2) is 40.2 Å². The van der Waals surface area contributed by atoms with Crippen molar-refractivity contribution >= 4 is 38.4 Å². The van der Waals surface area contributed by atoms with Gasteiger partial charge < -0.3 is 10.4 Å². The molecule has 1 aliphatic rings. The lowest BCUT2D eigenvalue weighted by Gasteiger charge is -2.18. The molecule has 4 rings (SSSR count). The van der Waals surface area contributed by atoms with Crippen LogP contribution in [0.4, 0.5) is 5.82 Å². The molecule has 164 valence electrons. The molecule has 0 radical (unpaired) electrons.